The third kappa shape index (κ3) is 3.30. The van der Waals surface area contributed by atoms with E-state index in [0.717, 1.165) is 4.57 Å². The number of carbonyl (C=O) groups excluding carboxylic acids is 1. The van der Waals surface area contributed by atoms with Crippen LogP contribution in [-0.4, -0.2) is 25.7 Å². The Bertz CT molecular complexity index is 871. The predicted octanol–water partition coefficient (Wildman–Crippen LogP) is -0.00200. The molecule has 0 saturated carbocycles. The topological polar surface area (TPSA) is 78.4 Å². The lowest BCUT2D eigenvalue weighted by Gasteiger charge is -2.09. The number of hydrogen-bond acceptors (Lipinski definition) is 4. The predicted molar refractivity (Wildman–Crippen MR) is 81.7 cm³/mol. The maximum atomic E-state index is 12.4. The normalized spacial score (nSPS) is 11.9. The van der Waals surface area contributed by atoms with Crippen molar-refractivity contribution in [1.82, 2.24) is 13.7 Å². The molecule has 0 N–H and O–H groups in total. The Morgan fingerprint density at radius 3 is 2.59 bits per heavy atom. The lowest BCUT2D eigenvalue weighted by Crippen LogP contribution is -2.40. The summed E-state index contributed by atoms with van der Waals surface area (Å²) in [7, 11) is 1.38. The van der Waals surface area contributed by atoms with Crippen molar-refractivity contribution in [2.45, 2.75) is 26.4 Å². The number of rotatable bonds is 3. The van der Waals surface area contributed by atoms with Crippen LogP contribution in [0, 0.1) is 0 Å². The summed E-state index contributed by atoms with van der Waals surface area (Å²) in [4.78, 5) is 40.1. The number of pyridine rings is 1. The Kier molecular flexibility index (Phi) is 4.55. The molecule has 7 nitrogen and oxygen atoms in total. The zero-order valence-electron chi connectivity index (χ0n) is 12.8. The van der Waals surface area contributed by atoms with Gasteiger partial charge in [0.05, 0.1) is 0 Å². The van der Waals surface area contributed by atoms with Crippen molar-refractivity contribution in [3.8, 4) is 0 Å². The first-order chi connectivity index (χ1) is 10.4. The number of aromatic nitrogens is 3. The van der Waals surface area contributed by atoms with E-state index in [1.165, 1.54) is 28.4 Å². The minimum Gasteiger partial charge on any atom is -0.291 e. The fraction of sp³-hybridized carbons (Fsp3) is 0.333. The minimum absolute atomic E-state index is 0.0433. The van der Waals surface area contributed by atoms with Crippen molar-refractivity contribution >= 4 is 5.91 Å². The first kappa shape index (κ1) is 15.7. The van der Waals surface area contributed by atoms with Crippen LogP contribution in [0.3, 0.4) is 0 Å². The highest BCUT2D eigenvalue weighted by molar-refractivity contribution is 5.78. The molecular weight excluding hydrogens is 284 g/mol. The van der Waals surface area contributed by atoms with E-state index in [4.69, 9.17) is 0 Å². The molecule has 0 radical (unpaired) electrons. The molecule has 2 aromatic heterocycles. The maximum absolute atomic E-state index is 12.4. The average Bonchev–Trinajstić information content (AvgIpc) is 2.48. The summed E-state index contributed by atoms with van der Waals surface area (Å²) < 4.78 is 3.56. The van der Waals surface area contributed by atoms with Crippen LogP contribution < -0.4 is 16.7 Å². The summed E-state index contributed by atoms with van der Waals surface area (Å²) in [6, 6.07) is 6.55. The van der Waals surface area contributed by atoms with Gasteiger partial charge >= 0.3 is 5.69 Å². The molecule has 0 atom stereocenters. The smallest absolute Gasteiger partial charge is 0.291 e. The van der Waals surface area contributed by atoms with Gasteiger partial charge in [-0.25, -0.2) is 4.79 Å². The molecule has 0 saturated heterocycles. The highest BCUT2D eigenvalue weighted by Crippen LogP contribution is 1.90. The Balaban J connectivity index is 2.42. The van der Waals surface area contributed by atoms with Gasteiger partial charge in [-0.15, -0.1) is 0 Å². The van der Waals surface area contributed by atoms with E-state index in [2.05, 4.69) is 4.99 Å². The first-order valence-corrected chi connectivity index (χ1v) is 6.91. The SMILES string of the molecule is CC(C)N=c1ccccn1C(=O)Cn1ccc(=O)n(C)c1=O. The molecule has 2 heterocycles. The van der Waals surface area contributed by atoms with Crippen molar-refractivity contribution in [1.29, 1.82) is 0 Å². The van der Waals surface area contributed by atoms with Gasteiger partial charge in [-0.1, -0.05) is 6.07 Å². The van der Waals surface area contributed by atoms with E-state index in [-0.39, 0.29) is 18.5 Å². The van der Waals surface area contributed by atoms with Gasteiger partial charge < -0.3 is 0 Å². The molecule has 2 aromatic rings. The molecule has 22 heavy (non-hydrogen) atoms. The molecule has 0 fully saturated rings. The molecule has 0 amide bonds. The van der Waals surface area contributed by atoms with Gasteiger partial charge in [-0.05, 0) is 26.0 Å². The molecule has 0 spiro atoms. The van der Waals surface area contributed by atoms with Crippen LogP contribution in [0.15, 0.2) is 51.2 Å². The van der Waals surface area contributed by atoms with Gasteiger partial charge in [0.15, 0.2) is 0 Å². The standard InChI is InChI=1S/C15H18N4O3/c1-11(2)16-12-6-4-5-8-19(12)14(21)10-18-9-7-13(20)17(3)15(18)22/h4-9,11H,10H2,1-3H3. The van der Waals surface area contributed by atoms with Crippen molar-refractivity contribution in [2.24, 2.45) is 12.0 Å². The van der Waals surface area contributed by atoms with E-state index >= 15 is 0 Å². The van der Waals surface area contributed by atoms with Crippen LogP contribution in [0.4, 0.5) is 0 Å². The Labute approximate surface area is 126 Å². The zero-order valence-corrected chi connectivity index (χ0v) is 12.8. The summed E-state index contributed by atoms with van der Waals surface area (Å²) in [6.07, 6.45) is 2.93. The second-order valence-electron chi connectivity index (χ2n) is 5.17. The van der Waals surface area contributed by atoms with Crippen LogP contribution in [0.1, 0.15) is 18.6 Å². The van der Waals surface area contributed by atoms with Gasteiger partial charge in [-0.2, -0.15) is 0 Å². The van der Waals surface area contributed by atoms with E-state index in [9.17, 15) is 14.4 Å². The zero-order chi connectivity index (χ0) is 16.3. The Morgan fingerprint density at radius 1 is 1.18 bits per heavy atom. The van der Waals surface area contributed by atoms with Gasteiger partial charge in [0.25, 0.3) is 11.5 Å². The molecule has 0 aliphatic rings. The molecule has 0 aliphatic heterocycles. The van der Waals surface area contributed by atoms with Crippen molar-refractivity contribution < 1.29 is 4.79 Å². The van der Waals surface area contributed by atoms with Crippen LogP contribution >= 0.6 is 0 Å². The highest BCUT2D eigenvalue weighted by atomic mass is 16.2. The number of nitrogens with zero attached hydrogens (tertiary/aromatic N) is 4. The Morgan fingerprint density at radius 2 is 1.91 bits per heavy atom. The van der Waals surface area contributed by atoms with E-state index in [1.54, 1.807) is 24.4 Å². The van der Waals surface area contributed by atoms with Crippen molar-refractivity contribution in [3.05, 3.63) is 63.0 Å². The summed E-state index contributed by atoms with van der Waals surface area (Å²) in [5.41, 5.74) is -0.406. The molecular formula is C15H18N4O3. The summed E-state index contributed by atoms with van der Waals surface area (Å²) in [6.45, 7) is 3.67. The van der Waals surface area contributed by atoms with Gasteiger partial charge in [-0.3, -0.25) is 28.3 Å². The fourth-order valence-electron chi connectivity index (χ4n) is 1.97. The molecule has 0 unspecified atom stereocenters. The number of carbonyl (C=O) groups is 1. The molecule has 2 rings (SSSR count). The summed E-state index contributed by atoms with van der Waals surface area (Å²) >= 11 is 0. The van der Waals surface area contributed by atoms with Gasteiger partial charge in [0, 0.05) is 31.5 Å². The van der Waals surface area contributed by atoms with E-state index in [1.807, 2.05) is 13.8 Å². The first-order valence-electron chi connectivity index (χ1n) is 6.91. The quantitative estimate of drug-likeness (QED) is 0.800. The van der Waals surface area contributed by atoms with Crippen molar-refractivity contribution in [2.75, 3.05) is 0 Å². The summed E-state index contributed by atoms with van der Waals surface area (Å²) in [5, 5.41) is 0. The fourth-order valence-corrected chi connectivity index (χ4v) is 1.97. The van der Waals surface area contributed by atoms with Crippen LogP contribution in [0.5, 0.6) is 0 Å². The number of hydrogen-bond donors (Lipinski definition) is 0. The Hall–Kier alpha value is -2.70. The minimum atomic E-state index is -0.528. The van der Waals surface area contributed by atoms with Gasteiger partial charge in [0.2, 0.25) is 0 Å². The lowest BCUT2D eigenvalue weighted by molar-refractivity contribution is 0.0883. The summed E-state index contributed by atoms with van der Waals surface area (Å²) in [5.74, 6) is -0.305. The molecule has 116 valence electrons. The second-order valence-corrected chi connectivity index (χ2v) is 5.17. The lowest BCUT2D eigenvalue weighted by atomic mass is 10.4. The van der Waals surface area contributed by atoms with E-state index in [0.29, 0.717) is 5.49 Å². The van der Waals surface area contributed by atoms with Crippen LogP contribution in [-0.2, 0) is 13.6 Å². The monoisotopic (exact) mass is 302 g/mol. The molecule has 7 heteroatoms. The van der Waals surface area contributed by atoms with Crippen LogP contribution in [0.2, 0.25) is 0 Å². The molecule has 0 bridgehead atoms. The third-order valence-corrected chi connectivity index (χ3v) is 3.06. The van der Waals surface area contributed by atoms with Gasteiger partial charge in [0.1, 0.15) is 12.0 Å². The van der Waals surface area contributed by atoms with E-state index < -0.39 is 11.2 Å². The average molecular weight is 302 g/mol. The largest absolute Gasteiger partial charge is 0.331 e. The van der Waals surface area contributed by atoms with Crippen molar-refractivity contribution in [3.63, 3.8) is 0 Å². The molecule has 0 aromatic carbocycles. The third-order valence-electron chi connectivity index (χ3n) is 3.06. The second kappa shape index (κ2) is 6.38. The molecule has 0 aliphatic carbocycles. The highest BCUT2D eigenvalue weighted by Gasteiger charge is 2.09. The van der Waals surface area contributed by atoms with Crippen LogP contribution in [0.25, 0.3) is 0 Å². The maximum Gasteiger partial charge on any atom is 0.331 e.